The van der Waals surface area contributed by atoms with E-state index in [9.17, 15) is 27.2 Å². The minimum atomic E-state index is -3.16. The van der Waals surface area contributed by atoms with Gasteiger partial charge in [-0.1, -0.05) is 18.2 Å². The Bertz CT molecular complexity index is 944. The van der Waals surface area contributed by atoms with E-state index >= 15 is 0 Å². The molecule has 0 aromatic heterocycles. The molecule has 144 valence electrons. The third kappa shape index (κ3) is 4.22. The highest BCUT2D eigenvalue weighted by Gasteiger charge is 2.39. The van der Waals surface area contributed by atoms with Crippen molar-refractivity contribution >= 4 is 44.7 Å². The van der Waals surface area contributed by atoms with Crippen LogP contribution < -0.4 is 0 Å². The molecule has 3 rings (SSSR count). The van der Waals surface area contributed by atoms with E-state index in [4.69, 9.17) is 0 Å². The number of rotatable bonds is 4. The Kier molecular flexibility index (Phi) is 5.38. The molecule has 27 heavy (non-hydrogen) atoms. The van der Waals surface area contributed by atoms with Crippen LogP contribution in [0.4, 0.5) is 9.18 Å². The zero-order valence-corrected chi connectivity index (χ0v) is 16.1. The molecular formula is C17H17FN2O5S2. The molecule has 0 aliphatic carbocycles. The van der Waals surface area contributed by atoms with E-state index in [1.165, 1.54) is 36.2 Å². The van der Waals surface area contributed by atoms with E-state index in [1.54, 1.807) is 6.07 Å². The summed E-state index contributed by atoms with van der Waals surface area (Å²) < 4.78 is 36.9. The molecule has 2 fully saturated rings. The SMILES string of the molecule is CN(C(=O)CN1C(=O)S/C(=C\c2ccccc2F)C1=O)[C@H]1CCS(=O)(=O)C1. The molecule has 10 heteroatoms. The molecule has 1 aromatic carbocycles. The van der Waals surface area contributed by atoms with Crippen molar-refractivity contribution in [2.45, 2.75) is 12.5 Å². The number of sulfone groups is 1. The maximum Gasteiger partial charge on any atom is 0.294 e. The number of likely N-dealkylation sites (N-methyl/N-ethyl adjacent to an activating group) is 1. The fourth-order valence-corrected chi connectivity index (χ4v) is 5.50. The summed E-state index contributed by atoms with van der Waals surface area (Å²) in [6, 6.07) is 5.37. The Labute approximate surface area is 160 Å². The van der Waals surface area contributed by atoms with Gasteiger partial charge in [0.05, 0.1) is 16.4 Å². The number of hydrogen-bond acceptors (Lipinski definition) is 6. The minimum absolute atomic E-state index is 0.0161. The van der Waals surface area contributed by atoms with Gasteiger partial charge in [-0.2, -0.15) is 0 Å². The summed E-state index contributed by atoms with van der Waals surface area (Å²) >= 11 is 0.636. The smallest absolute Gasteiger partial charge is 0.294 e. The fraction of sp³-hybridized carbons (Fsp3) is 0.353. The number of amides is 3. The van der Waals surface area contributed by atoms with E-state index in [1.807, 2.05) is 0 Å². The number of carbonyl (C=O) groups excluding carboxylic acids is 3. The van der Waals surface area contributed by atoms with Crippen LogP contribution >= 0.6 is 11.8 Å². The van der Waals surface area contributed by atoms with E-state index in [-0.39, 0.29) is 22.0 Å². The van der Waals surface area contributed by atoms with Crippen LogP contribution in [0.15, 0.2) is 29.2 Å². The largest absolute Gasteiger partial charge is 0.340 e. The highest BCUT2D eigenvalue weighted by Crippen LogP contribution is 2.32. The molecule has 2 aliphatic rings. The lowest BCUT2D eigenvalue weighted by atomic mass is 10.2. The summed E-state index contributed by atoms with van der Waals surface area (Å²) in [4.78, 5) is 39.1. The summed E-state index contributed by atoms with van der Waals surface area (Å²) in [5.74, 6) is -1.82. The van der Waals surface area contributed by atoms with Crippen LogP contribution in [0.3, 0.4) is 0 Å². The van der Waals surface area contributed by atoms with Crippen LogP contribution in [0.1, 0.15) is 12.0 Å². The predicted octanol–water partition coefficient (Wildman–Crippen LogP) is 1.51. The summed E-state index contributed by atoms with van der Waals surface area (Å²) in [5, 5.41) is -0.622. The Hall–Kier alpha value is -2.20. The van der Waals surface area contributed by atoms with Gasteiger partial charge in [-0.3, -0.25) is 19.3 Å². The summed E-state index contributed by atoms with van der Waals surface area (Å²) in [5.41, 5.74) is 0.169. The number of thioether (sulfide) groups is 1. The van der Waals surface area contributed by atoms with Gasteiger partial charge in [0.25, 0.3) is 11.1 Å². The molecule has 0 saturated carbocycles. The number of hydrogen-bond donors (Lipinski definition) is 0. The first kappa shape index (κ1) is 19.6. The molecule has 1 aromatic rings. The normalized spacial score (nSPS) is 23.3. The van der Waals surface area contributed by atoms with Gasteiger partial charge in [0.2, 0.25) is 5.91 Å². The number of imide groups is 1. The van der Waals surface area contributed by atoms with Crippen molar-refractivity contribution < 1.29 is 27.2 Å². The Morgan fingerprint density at radius 2 is 2.07 bits per heavy atom. The first-order chi connectivity index (χ1) is 12.7. The number of carbonyl (C=O) groups is 3. The van der Waals surface area contributed by atoms with Gasteiger partial charge in [0.1, 0.15) is 12.4 Å². The van der Waals surface area contributed by atoms with Crippen molar-refractivity contribution in [3.8, 4) is 0 Å². The zero-order chi connectivity index (χ0) is 19.8. The van der Waals surface area contributed by atoms with Gasteiger partial charge in [-0.15, -0.1) is 0 Å². The van der Waals surface area contributed by atoms with Crippen LogP contribution in [0.5, 0.6) is 0 Å². The molecule has 2 heterocycles. The number of nitrogens with zero attached hydrogens (tertiary/aromatic N) is 2. The molecule has 1 atom stereocenters. The summed E-state index contributed by atoms with van der Waals surface area (Å²) in [6.45, 7) is -0.480. The quantitative estimate of drug-likeness (QED) is 0.696. The zero-order valence-electron chi connectivity index (χ0n) is 14.4. The Morgan fingerprint density at radius 1 is 1.37 bits per heavy atom. The van der Waals surface area contributed by atoms with Crippen molar-refractivity contribution in [3.05, 3.63) is 40.6 Å². The monoisotopic (exact) mass is 412 g/mol. The standard InChI is InChI=1S/C17H17FN2O5S2/c1-19(12-6-7-27(24,25)10-12)15(21)9-20-16(22)14(26-17(20)23)8-11-4-2-3-5-13(11)18/h2-5,8,12H,6-7,9-10H2,1H3/b14-8-/t12-/m0/s1. The molecule has 0 spiro atoms. The minimum Gasteiger partial charge on any atom is -0.340 e. The molecule has 0 bridgehead atoms. The van der Waals surface area contributed by atoms with Crippen molar-refractivity contribution in [3.63, 3.8) is 0 Å². The molecule has 0 unspecified atom stereocenters. The van der Waals surface area contributed by atoms with Gasteiger partial charge in [0, 0.05) is 18.7 Å². The van der Waals surface area contributed by atoms with E-state index in [0.717, 1.165) is 4.90 Å². The lowest BCUT2D eigenvalue weighted by molar-refractivity contribution is -0.136. The van der Waals surface area contributed by atoms with Crippen molar-refractivity contribution in [1.29, 1.82) is 0 Å². The van der Waals surface area contributed by atoms with Gasteiger partial charge in [-0.25, -0.2) is 12.8 Å². The van der Waals surface area contributed by atoms with Crippen LogP contribution in [0, 0.1) is 5.82 Å². The second kappa shape index (κ2) is 7.43. The fourth-order valence-electron chi connectivity index (χ4n) is 2.90. The average Bonchev–Trinajstić information content (AvgIpc) is 3.10. The molecule has 0 N–H and O–H groups in total. The van der Waals surface area contributed by atoms with E-state index in [2.05, 4.69) is 0 Å². The molecule has 2 aliphatic heterocycles. The predicted molar refractivity (Wildman–Crippen MR) is 98.9 cm³/mol. The van der Waals surface area contributed by atoms with Crippen molar-refractivity contribution in [2.24, 2.45) is 0 Å². The van der Waals surface area contributed by atoms with Gasteiger partial charge >= 0.3 is 0 Å². The summed E-state index contributed by atoms with van der Waals surface area (Å²) in [7, 11) is -1.70. The maximum atomic E-state index is 13.7. The lowest BCUT2D eigenvalue weighted by Crippen LogP contribution is -2.45. The van der Waals surface area contributed by atoms with E-state index < -0.39 is 45.3 Å². The topological polar surface area (TPSA) is 91.8 Å². The Morgan fingerprint density at radius 3 is 2.70 bits per heavy atom. The second-order valence-electron chi connectivity index (χ2n) is 6.35. The first-order valence-electron chi connectivity index (χ1n) is 8.14. The van der Waals surface area contributed by atoms with E-state index in [0.29, 0.717) is 18.2 Å². The number of halogens is 1. The summed E-state index contributed by atoms with van der Waals surface area (Å²) in [6.07, 6.45) is 1.61. The highest BCUT2D eigenvalue weighted by atomic mass is 32.2. The van der Waals surface area contributed by atoms with Gasteiger partial charge < -0.3 is 4.90 Å². The Balaban J connectivity index is 1.70. The first-order valence-corrected chi connectivity index (χ1v) is 10.8. The van der Waals surface area contributed by atoms with Crippen LogP contribution in [-0.2, 0) is 19.4 Å². The van der Waals surface area contributed by atoms with Gasteiger partial charge in [0.15, 0.2) is 9.84 Å². The van der Waals surface area contributed by atoms with Crippen LogP contribution in [0.2, 0.25) is 0 Å². The molecule has 2 saturated heterocycles. The van der Waals surface area contributed by atoms with Crippen LogP contribution in [0.25, 0.3) is 6.08 Å². The number of benzene rings is 1. The molecule has 0 radical (unpaired) electrons. The molecular weight excluding hydrogens is 395 g/mol. The second-order valence-corrected chi connectivity index (χ2v) is 9.57. The maximum absolute atomic E-state index is 13.7. The molecule has 3 amide bonds. The van der Waals surface area contributed by atoms with Crippen molar-refractivity contribution in [1.82, 2.24) is 9.80 Å². The molecule has 7 nitrogen and oxygen atoms in total. The van der Waals surface area contributed by atoms with Gasteiger partial charge in [-0.05, 0) is 30.3 Å². The highest BCUT2D eigenvalue weighted by molar-refractivity contribution is 8.18. The van der Waals surface area contributed by atoms with Crippen molar-refractivity contribution in [2.75, 3.05) is 25.1 Å². The lowest BCUT2D eigenvalue weighted by Gasteiger charge is -2.25. The third-order valence-electron chi connectivity index (χ3n) is 4.51. The van der Waals surface area contributed by atoms with Crippen LogP contribution in [-0.4, -0.2) is 66.4 Å². The third-order valence-corrected chi connectivity index (χ3v) is 7.17. The average molecular weight is 412 g/mol.